The highest BCUT2D eigenvalue weighted by Gasteiger charge is 2.36. The van der Waals surface area contributed by atoms with Crippen LogP contribution in [0, 0.1) is 35.0 Å². The largest absolute Gasteiger partial charge is 0.451 e. The molecule has 2 aliphatic rings. The van der Waals surface area contributed by atoms with Crippen molar-refractivity contribution >= 4 is 17.4 Å². The maximum Gasteiger partial charge on any atom is 0.245 e. The van der Waals surface area contributed by atoms with E-state index in [9.17, 15) is 22.4 Å². The van der Waals surface area contributed by atoms with Crippen LogP contribution in [0.2, 0.25) is 0 Å². The molecule has 0 radical (unpaired) electrons. The number of benzene rings is 2. The molecule has 0 saturated carbocycles. The smallest absolute Gasteiger partial charge is 0.245 e. The predicted molar refractivity (Wildman–Crippen MR) is 132 cm³/mol. The molecule has 1 fully saturated rings. The minimum Gasteiger partial charge on any atom is -0.451 e. The van der Waals surface area contributed by atoms with Crippen molar-refractivity contribution in [2.24, 2.45) is 10.9 Å². The van der Waals surface area contributed by atoms with Gasteiger partial charge in [0.25, 0.3) is 0 Å². The zero-order valence-corrected chi connectivity index (χ0v) is 20.4. The molecule has 1 saturated heterocycles. The van der Waals surface area contributed by atoms with E-state index in [1.807, 2.05) is 0 Å². The molecule has 0 spiro atoms. The zero-order chi connectivity index (χ0) is 27.8. The van der Waals surface area contributed by atoms with Crippen molar-refractivity contribution in [1.29, 1.82) is 0 Å². The number of anilines is 1. The lowest BCUT2D eigenvalue weighted by molar-refractivity contribution is -0.125. The van der Waals surface area contributed by atoms with Crippen LogP contribution in [0.5, 0.6) is 11.5 Å². The normalized spacial score (nSPS) is 18.8. The number of rotatable bonds is 5. The van der Waals surface area contributed by atoms with Crippen LogP contribution in [0.15, 0.2) is 48.2 Å². The molecular formula is C27H22F5N5O2. The molecule has 2 aliphatic heterocycles. The van der Waals surface area contributed by atoms with Gasteiger partial charge < -0.3 is 15.4 Å². The van der Waals surface area contributed by atoms with Gasteiger partial charge in [-0.1, -0.05) is 6.58 Å². The highest BCUT2D eigenvalue weighted by Crippen LogP contribution is 2.39. The molecule has 3 heterocycles. The fraction of sp³-hybridized carbons (Fsp3) is 0.259. The molecule has 39 heavy (non-hydrogen) atoms. The van der Waals surface area contributed by atoms with E-state index in [0.29, 0.717) is 37.3 Å². The molecule has 5 rings (SSSR count). The summed E-state index contributed by atoms with van der Waals surface area (Å²) in [5, 5.41) is 0. The number of aromatic nitrogens is 2. The summed E-state index contributed by atoms with van der Waals surface area (Å²) in [5.41, 5.74) is 7.33. The molecule has 1 amide bonds. The Hall–Kier alpha value is -4.35. The van der Waals surface area contributed by atoms with Crippen molar-refractivity contribution in [1.82, 2.24) is 14.9 Å². The van der Waals surface area contributed by atoms with Crippen molar-refractivity contribution in [3.8, 4) is 11.5 Å². The summed E-state index contributed by atoms with van der Waals surface area (Å²) in [7, 11) is 0. The number of hydrogen-bond donors (Lipinski definition) is 1. The summed E-state index contributed by atoms with van der Waals surface area (Å²) >= 11 is 0. The number of ether oxygens (including phenoxy) is 1. The van der Waals surface area contributed by atoms with Gasteiger partial charge in [-0.15, -0.1) is 0 Å². The molecule has 0 aliphatic carbocycles. The molecule has 2 N–H and O–H groups in total. The molecule has 7 nitrogen and oxygen atoms in total. The lowest BCUT2D eigenvalue weighted by atomic mass is 9.83. The second kappa shape index (κ2) is 10.4. The summed E-state index contributed by atoms with van der Waals surface area (Å²) in [6.07, 6.45) is 3.89. The molecule has 1 aromatic heterocycles. The fourth-order valence-electron chi connectivity index (χ4n) is 5.10. The van der Waals surface area contributed by atoms with Gasteiger partial charge >= 0.3 is 0 Å². The molecule has 0 bridgehead atoms. The number of carbonyl (C=O) groups excluding carboxylic acids is 1. The van der Waals surface area contributed by atoms with E-state index in [1.165, 1.54) is 24.5 Å². The van der Waals surface area contributed by atoms with E-state index in [4.69, 9.17) is 10.5 Å². The second-order valence-electron chi connectivity index (χ2n) is 9.22. The number of nitrogens with zero attached hydrogens (tertiary/aromatic N) is 4. The van der Waals surface area contributed by atoms with E-state index >= 15 is 4.39 Å². The van der Waals surface area contributed by atoms with Crippen molar-refractivity contribution in [3.05, 3.63) is 89.2 Å². The topological polar surface area (TPSA) is 93.7 Å². The number of nitrogens with two attached hydrogens (primary N) is 1. The van der Waals surface area contributed by atoms with Gasteiger partial charge in [0.1, 0.15) is 23.7 Å². The van der Waals surface area contributed by atoms with Crippen LogP contribution < -0.4 is 10.5 Å². The van der Waals surface area contributed by atoms with Crippen LogP contribution in [0.4, 0.5) is 27.8 Å². The highest BCUT2D eigenvalue weighted by molar-refractivity contribution is 6.16. The second-order valence-corrected chi connectivity index (χ2v) is 9.22. The third-order valence-electron chi connectivity index (χ3n) is 6.97. The average molecular weight is 543 g/mol. The monoisotopic (exact) mass is 543 g/mol. The van der Waals surface area contributed by atoms with Crippen LogP contribution in [0.25, 0.3) is 0 Å². The number of halogens is 5. The van der Waals surface area contributed by atoms with Gasteiger partial charge in [-0.25, -0.2) is 23.1 Å². The van der Waals surface area contributed by atoms with E-state index in [-0.39, 0.29) is 40.9 Å². The number of nitrogen functional groups attached to an aromatic ring is 1. The molecule has 2 atom stereocenters. The van der Waals surface area contributed by atoms with E-state index in [0.717, 1.165) is 12.5 Å². The van der Waals surface area contributed by atoms with Gasteiger partial charge in [0.2, 0.25) is 23.3 Å². The maximum absolute atomic E-state index is 15.4. The molecule has 2 unspecified atom stereocenters. The SMILES string of the molecule is C=CC(=O)N1CCC(C2CCN=C(c3ccc(Oc4c(F)c(F)cc(F)c4F)cc3F)c3c(N)ncnc32)C1. The minimum atomic E-state index is -1.75. The highest BCUT2D eigenvalue weighted by atomic mass is 19.2. The standard InChI is InChI=1S/C27H22F5N5O2/c1-2-20(38)37-8-6-13(11-37)15-5-7-34-25(21-24(15)35-12-36-27(21)33)16-4-3-14(9-17(16)28)39-26-22(31)18(29)10-19(30)23(26)32/h2-4,9-10,12-13,15H,1,5-8,11H2,(H2,33,35,36). The molecular weight excluding hydrogens is 521 g/mol. The lowest BCUT2D eigenvalue weighted by Crippen LogP contribution is -2.28. The van der Waals surface area contributed by atoms with Crippen molar-refractivity contribution in [3.63, 3.8) is 0 Å². The van der Waals surface area contributed by atoms with Gasteiger partial charge in [-0.2, -0.15) is 8.78 Å². The average Bonchev–Trinajstić information content (AvgIpc) is 3.32. The Bertz CT molecular complexity index is 1490. The first-order valence-electron chi connectivity index (χ1n) is 12.1. The number of hydrogen-bond acceptors (Lipinski definition) is 6. The van der Waals surface area contributed by atoms with E-state index < -0.39 is 40.6 Å². The Balaban J connectivity index is 1.48. The summed E-state index contributed by atoms with van der Waals surface area (Å²) in [6.45, 7) is 4.92. The fourth-order valence-corrected chi connectivity index (χ4v) is 5.10. The minimum absolute atomic E-state index is 0.00741. The number of amides is 1. The summed E-state index contributed by atoms with van der Waals surface area (Å²) in [5.74, 6) is -9.59. The molecule has 2 aromatic carbocycles. The summed E-state index contributed by atoms with van der Waals surface area (Å²) < 4.78 is 75.5. The van der Waals surface area contributed by atoms with E-state index in [1.54, 1.807) is 4.90 Å². The van der Waals surface area contributed by atoms with Gasteiger partial charge in [-0.3, -0.25) is 9.79 Å². The maximum atomic E-state index is 15.4. The number of likely N-dealkylation sites (tertiary alicyclic amines) is 1. The Kier molecular flexibility index (Phi) is 7.02. The predicted octanol–water partition coefficient (Wildman–Crippen LogP) is 4.91. The molecule has 3 aromatic rings. The van der Waals surface area contributed by atoms with Crippen LogP contribution in [0.3, 0.4) is 0 Å². The molecule has 12 heteroatoms. The number of carbonyl (C=O) groups is 1. The lowest BCUT2D eigenvalue weighted by Gasteiger charge is -2.24. The van der Waals surface area contributed by atoms with Crippen LogP contribution >= 0.6 is 0 Å². The van der Waals surface area contributed by atoms with Crippen molar-refractivity contribution in [2.45, 2.75) is 18.8 Å². The number of fused-ring (bicyclic) bond motifs is 1. The first-order valence-corrected chi connectivity index (χ1v) is 12.1. The Morgan fingerprint density at radius 1 is 1.05 bits per heavy atom. The third-order valence-corrected chi connectivity index (χ3v) is 6.97. The Morgan fingerprint density at radius 3 is 2.49 bits per heavy atom. The Morgan fingerprint density at radius 2 is 1.79 bits per heavy atom. The van der Waals surface area contributed by atoms with Crippen LogP contribution in [-0.2, 0) is 4.79 Å². The zero-order valence-electron chi connectivity index (χ0n) is 20.4. The molecule has 202 valence electrons. The van der Waals surface area contributed by atoms with Gasteiger partial charge in [-0.05, 0) is 37.0 Å². The summed E-state index contributed by atoms with van der Waals surface area (Å²) in [4.78, 5) is 26.9. The Labute approximate surface area is 219 Å². The number of aliphatic imine (C=N–C) groups is 1. The van der Waals surface area contributed by atoms with E-state index in [2.05, 4.69) is 21.5 Å². The summed E-state index contributed by atoms with van der Waals surface area (Å²) in [6, 6.07) is 3.30. The van der Waals surface area contributed by atoms with Crippen LogP contribution in [0.1, 0.15) is 35.6 Å². The third kappa shape index (κ3) is 4.82. The van der Waals surface area contributed by atoms with Crippen molar-refractivity contribution in [2.75, 3.05) is 25.4 Å². The van der Waals surface area contributed by atoms with Crippen molar-refractivity contribution < 1.29 is 31.5 Å². The quantitative estimate of drug-likeness (QED) is 0.281. The first-order chi connectivity index (χ1) is 18.7. The van der Waals surface area contributed by atoms with Gasteiger partial charge in [0.05, 0.1) is 17.0 Å². The van der Waals surface area contributed by atoms with Gasteiger partial charge in [0, 0.05) is 43.2 Å². The van der Waals surface area contributed by atoms with Crippen LogP contribution in [-0.4, -0.2) is 46.1 Å². The first kappa shape index (κ1) is 26.3. The van der Waals surface area contributed by atoms with Gasteiger partial charge in [0.15, 0.2) is 11.6 Å².